The molecule has 0 aromatic carbocycles. The summed E-state index contributed by atoms with van der Waals surface area (Å²) in [6.45, 7) is 1.28. The number of ether oxygens (including phenoxy) is 1. The zero-order valence-electron chi connectivity index (χ0n) is 5.71. The molecule has 1 rings (SSSR count). The zero-order valence-corrected chi connectivity index (χ0v) is 7.34. The second-order valence-electron chi connectivity index (χ2n) is 2.00. The van der Waals surface area contributed by atoms with Gasteiger partial charge in [-0.15, -0.1) is 29.9 Å². The van der Waals surface area contributed by atoms with Crippen molar-refractivity contribution in [3.05, 3.63) is 0 Å². The maximum absolute atomic E-state index is 5.20. The van der Waals surface area contributed by atoms with Crippen LogP contribution in [-0.4, -0.2) is 29.3 Å². The highest BCUT2D eigenvalue weighted by Crippen LogP contribution is 2.29. The van der Waals surface area contributed by atoms with Gasteiger partial charge in [0.1, 0.15) is 6.61 Å². The number of hydrogen-bond donors (Lipinski definition) is 0. The summed E-state index contributed by atoms with van der Waals surface area (Å²) in [6.07, 6.45) is 5.03. The van der Waals surface area contributed by atoms with Crippen molar-refractivity contribution < 1.29 is 4.74 Å². The first kappa shape index (κ1) is 8.32. The van der Waals surface area contributed by atoms with Gasteiger partial charge in [0, 0.05) is 16.1 Å². The first-order valence-electron chi connectivity index (χ1n) is 3.14. The van der Waals surface area contributed by atoms with Gasteiger partial charge in [-0.3, -0.25) is 0 Å². The zero-order chi connectivity index (χ0) is 7.23. The van der Waals surface area contributed by atoms with Crippen molar-refractivity contribution in [3.8, 4) is 12.3 Å². The van der Waals surface area contributed by atoms with Crippen molar-refractivity contribution in [3.63, 3.8) is 0 Å². The molecule has 1 unspecified atom stereocenters. The van der Waals surface area contributed by atoms with Crippen LogP contribution in [0.2, 0.25) is 0 Å². The number of rotatable bonds is 3. The molecular weight excluding hydrogens is 164 g/mol. The molecule has 1 heterocycles. The van der Waals surface area contributed by atoms with Crippen molar-refractivity contribution in [1.29, 1.82) is 0 Å². The molecule has 1 fully saturated rings. The lowest BCUT2D eigenvalue weighted by Gasteiger charge is -2.05. The van der Waals surface area contributed by atoms with Gasteiger partial charge in [-0.2, -0.15) is 0 Å². The van der Waals surface area contributed by atoms with E-state index in [0.717, 1.165) is 6.61 Å². The van der Waals surface area contributed by atoms with Crippen molar-refractivity contribution in [2.75, 3.05) is 24.1 Å². The van der Waals surface area contributed by atoms with Crippen LogP contribution in [0.4, 0.5) is 0 Å². The van der Waals surface area contributed by atoms with Crippen LogP contribution < -0.4 is 0 Å². The molecule has 0 aromatic rings. The summed E-state index contributed by atoms with van der Waals surface area (Å²) in [6, 6.07) is 0. The van der Waals surface area contributed by atoms with Crippen molar-refractivity contribution in [1.82, 2.24) is 0 Å². The monoisotopic (exact) mass is 174 g/mol. The summed E-state index contributed by atoms with van der Waals surface area (Å²) in [5.74, 6) is 3.67. The van der Waals surface area contributed by atoms with E-state index in [2.05, 4.69) is 5.92 Å². The minimum absolute atomic E-state index is 0.460. The number of thioether (sulfide) groups is 2. The topological polar surface area (TPSA) is 9.23 Å². The Bertz CT molecular complexity index is 124. The molecule has 0 bridgehead atoms. The highest BCUT2D eigenvalue weighted by molar-refractivity contribution is 8.19. The van der Waals surface area contributed by atoms with E-state index in [-0.39, 0.29) is 0 Å². The summed E-state index contributed by atoms with van der Waals surface area (Å²) in [7, 11) is 0. The van der Waals surface area contributed by atoms with Gasteiger partial charge < -0.3 is 4.74 Å². The SMILES string of the molecule is C#CCOCC1CSCS1. The highest BCUT2D eigenvalue weighted by atomic mass is 32.2. The van der Waals surface area contributed by atoms with Gasteiger partial charge in [0.2, 0.25) is 0 Å². The molecule has 1 aliphatic heterocycles. The van der Waals surface area contributed by atoms with E-state index in [0.29, 0.717) is 11.9 Å². The minimum Gasteiger partial charge on any atom is -0.368 e. The molecular formula is C7H10OS2. The molecule has 1 atom stereocenters. The molecule has 0 N–H and O–H groups in total. The predicted octanol–water partition coefficient (Wildman–Crippen LogP) is 1.44. The standard InChI is InChI=1S/C7H10OS2/c1-2-3-8-4-7-5-9-6-10-7/h1,7H,3-6H2. The molecule has 0 aromatic heterocycles. The molecule has 0 spiro atoms. The largest absolute Gasteiger partial charge is 0.368 e. The van der Waals surface area contributed by atoms with Crippen LogP contribution in [0.25, 0.3) is 0 Å². The van der Waals surface area contributed by atoms with Gasteiger partial charge in [0.15, 0.2) is 0 Å². The van der Waals surface area contributed by atoms with Gasteiger partial charge >= 0.3 is 0 Å². The Labute approximate surface area is 70.3 Å². The summed E-state index contributed by atoms with van der Waals surface area (Å²) in [4.78, 5) is 0. The lowest BCUT2D eigenvalue weighted by molar-refractivity contribution is 0.172. The van der Waals surface area contributed by atoms with Crippen molar-refractivity contribution in [2.24, 2.45) is 0 Å². The molecule has 0 aliphatic carbocycles. The lowest BCUT2D eigenvalue weighted by atomic mass is 10.5. The van der Waals surface area contributed by atoms with Crippen LogP contribution in [0.15, 0.2) is 0 Å². The Balaban J connectivity index is 1.97. The van der Waals surface area contributed by atoms with E-state index in [1.165, 1.54) is 10.8 Å². The van der Waals surface area contributed by atoms with E-state index < -0.39 is 0 Å². The molecule has 3 heteroatoms. The molecule has 0 radical (unpaired) electrons. The fourth-order valence-corrected chi connectivity index (χ4v) is 3.48. The molecule has 1 nitrogen and oxygen atoms in total. The Morgan fingerprint density at radius 2 is 2.60 bits per heavy atom. The van der Waals surface area contributed by atoms with Gasteiger partial charge in [0.05, 0.1) is 6.61 Å². The fraction of sp³-hybridized carbons (Fsp3) is 0.714. The van der Waals surface area contributed by atoms with Crippen LogP contribution in [-0.2, 0) is 4.74 Å². The Hall–Kier alpha value is 0.220. The molecule has 1 aliphatic rings. The van der Waals surface area contributed by atoms with E-state index in [9.17, 15) is 0 Å². The Morgan fingerprint density at radius 1 is 1.70 bits per heavy atom. The normalized spacial score (nSPS) is 24.5. The van der Waals surface area contributed by atoms with E-state index in [4.69, 9.17) is 11.2 Å². The Morgan fingerprint density at radius 3 is 3.20 bits per heavy atom. The summed E-state index contributed by atoms with van der Waals surface area (Å²) in [5.41, 5.74) is 0. The second kappa shape index (κ2) is 4.95. The van der Waals surface area contributed by atoms with Gasteiger partial charge in [-0.1, -0.05) is 5.92 Å². The van der Waals surface area contributed by atoms with Crippen LogP contribution in [0, 0.1) is 12.3 Å². The number of hydrogen-bond acceptors (Lipinski definition) is 3. The molecule has 56 valence electrons. The van der Waals surface area contributed by atoms with Gasteiger partial charge in [0.25, 0.3) is 0 Å². The second-order valence-corrected chi connectivity index (χ2v) is 4.68. The summed E-state index contributed by atoms with van der Waals surface area (Å²) in [5, 5.41) is 1.89. The maximum atomic E-state index is 5.20. The average Bonchev–Trinajstić information content (AvgIpc) is 2.41. The average molecular weight is 174 g/mol. The minimum atomic E-state index is 0.460. The fourth-order valence-electron chi connectivity index (χ4n) is 0.718. The quantitative estimate of drug-likeness (QED) is 0.473. The lowest BCUT2D eigenvalue weighted by Crippen LogP contribution is -2.11. The van der Waals surface area contributed by atoms with E-state index >= 15 is 0 Å². The first-order valence-corrected chi connectivity index (χ1v) is 5.34. The summed E-state index contributed by atoms with van der Waals surface area (Å²) < 4.78 is 5.20. The van der Waals surface area contributed by atoms with Crippen LogP contribution in [0.1, 0.15) is 0 Å². The third-order valence-electron chi connectivity index (χ3n) is 1.18. The van der Waals surface area contributed by atoms with Crippen LogP contribution in [0.3, 0.4) is 0 Å². The highest BCUT2D eigenvalue weighted by Gasteiger charge is 2.15. The Kier molecular flexibility index (Phi) is 4.12. The molecule has 0 saturated carbocycles. The van der Waals surface area contributed by atoms with E-state index in [1.54, 1.807) is 0 Å². The third-order valence-corrected chi connectivity index (χ3v) is 4.01. The number of terminal acetylenes is 1. The molecule has 0 amide bonds. The predicted molar refractivity (Wildman–Crippen MR) is 48.4 cm³/mol. The molecule has 1 saturated heterocycles. The molecule has 10 heavy (non-hydrogen) atoms. The first-order chi connectivity index (χ1) is 4.93. The summed E-state index contributed by atoms with van der Waals surface area (Å²) >= 11 is 3.93. The third kappa shape index (κ3) is 2.87. The van der Waals surface area contributed by atoms with Crippen molar-refractivity contribution >= 4 is 23.5 Å². The smallest absolute Gasteiger partial charge is 0.107 e. The van der Waals surface area contributed by atoms with Gasteiger partial charge in [-0.25, -0.2) is 0 Å². The van der Waals surface area contributed by atoms with Crippen LogP contribution in [0.5, 0.6) is 0 Å². The van der Waals surface area contributed by atoms with E-state index in [1.807, 2.05) is 23.5 Å². The van der Waals surface area contributed by atoms with Crippen LogP contribution >= 0.6 is 23.5 Å². The van der Waals surface area contributed by atoms with Crippen molar-refractivity contribution in [2.45, 2.75) is 5.25 Å². The van der Waals surface area contributed by atoms with Gasteiger partial charge in [-0.05, 0) is 0 Å². The maximum Gasteiger partial charge on any atom is 0.107 e.